The summed E-state index contributed by atoms with van der Waals surface area (Å²) in [6, 6.07) is 5.04. The first-order valence-corrected chi connectivity index (χ1v) is 8.39. The second kappa shape index (κ2) is 6.26. The zero-order valence-electron chi connectivity index (χ0n) is 12.5. The van der Waals surface area contributed by atoms with Crippen LogP contribution in [0, 0.1) is 12.8 Å². The molecule has 0 heterocycles. The van der Waals surface area contributed by atoms with E-state index in [-0.39, 0.29) is 11.9 Å². The van der Waals surface area contributed by atoms with Crippen molar-refractivity contribution in [2.45, 2.75) is 33.7 Å². The molecule has 5 nitrogen and oxygen atoms in total. The van der Waals surface area contributed by atoms with Crippen molar-refractivity contribution in [3.8, 4) is 0 Å². The van der Waals surface area contributed by atoms with Crippen LogP contribution in [-0.4, -0.2) is 26.6 Å². The summed E-state index contributed by atoms with van der Waals surface area (Å²) in [7, 11) is -3.36. The van der Waals surface area contributed by atoms with Crippen molar-refractivity contribution in [1.82, 2.24) is 5.32 Å². The molecular formula is C14H22N2O3S. The Kier molecular flexibility index (Phi) is 5.16. The van der Waals surface area contributed by atoms with E-state index in [1.807, 2.05) is 20.8 Å². The lowest BCUT2D eigenvalue weighted by atomic mass is 10.0. The van der Waals surface area contributed by atoms with Crippen LogP contribution in [0.3, 0.4) is 0 Å². The molecule has 0 aliphatic rings. The fourth-order valence-electron chi connectivity index (χ4n) is 1.64. The summed E-state index contributed by atoms with van der Waals surface area (Å²) >= 11 is 0. The van der Waals surface area contributed by atoms with Crippen LogP contribution in [-0.2, 0) is 10.0 Å². The first-order valence-electron chi connectivity index (χ1n) is 6.50. The number of carbonyl (C=O) groups excluding carboxylic acids is 1. The van der Waals surface area contributed by atoms with Crippen molar-refractivity contribution in [2.24, 2.45) is 5.92 Å². The molecule has 6 heteroatoms. The average molecular weight is 298 g/mol. The number of rotatable bonds is 5. The molecule has 0 spiro atoms. The summed E-state index contributed by atoms with van der Waals surface area (Å²) in [5.41, 5.74) is 1.52. The van der Waals surface area contributed by atoms with Gasteiger partial charge in [0.2, 0.25) is 10.0 Å². The number of anilines is 1. The zero-order chi connectivity index (χ0) is 15.5. The minimum absolute atomic E-state index is 0.0495. The van der Waals surface area contributed by atoms with E-state index in [0.29, 0.717) is 22.7 Å². The molecule has 112 valence electrons. The van der Waals surface area contributed by atoms with E-state index in [0.717, 1.165) is 6.26 Å². The molecule has 1 rings (SSSR count). The Bertz CT molecular complexity index is 594. The van der Waals surface area contributed by atoms with Gasteiger partial charge in [0.15, 0.2) is 0 Å². The van der Waals surface area contributed by atoms with E-state index >= 15 is 0 Å². The zero-order valence-corrected chi connectivity index (χ0v) is 13.3. The number of hydrogen-bond donors (Lipinski definition) is 2. The van der Waals surface area contributed by atoms with E-state index in [9.17, 15) is 13.2 Å². The third-order valence-electron chi connectivity index (χ3n) is 3.23. The Morgan fingerprint density at radius 2 is 1.80 bits per heavy atom. The largest absolute Gasteiger partial charge is 0.349 e. The highest BCUT2D eigenvalue weighted by Crippen LogP contribution is 2.20. The Morgan fingerprint density at radius 1 is 1.20 bits per heavy atom. The highest BCUT2D eigenvalue weighted by atomic mass is 32.2. The van der Waals surface area contributed by atoms with Gasteiger partial charge in [0, 0.05) is 11.6 Å². The topological polar surface area (TPSA) is 75.3 Å². The number of carbonyl (C=O) groups is 1. The van der Waals surface area contributed by atoms with Gasteiger partial charge in [-0.3, -0.25) is 9.52 Å². The fraction of sp³-hybridized carbons (Fsp3) is 0.500. The van der Waals surface area contributed by atoms with Crippen LogP contribution in [0.4, 0.5) is 5.69 Å². The Hall–Kier alpha value is -1.56. The summed E-state index contributed by atoms with van der Waals surface area (Å²) in [6.45, 7) is 7.72. The molecule has 1 aromatic rings. The van der Waals surface area contributed by atoms with Gasteiger partial charge in [-0.25, -0.2) is 8.42 Å². The van der Waals surface area contributed by atoms with Crippen molar-refractivity contribution in [2.75, 3.05) is 11.0 Å². The Morgan fingerprint density at radius 3 is 2.30 bits per heavy atom. The third kappa shape index (κ3) is 4.52. The van der Waals surface area contributed by atoms with E-state index in [1.54, 1.807) is 25.1 Å². The number of amides is 1. The maximum absolute atomic E-state index is 12.2. The van der Waals surface area contributed by atoms with Gasteiger partial charge in [-0.15, -0.1) is 0 Å². The molecule has 0 saturated carbocycles. The molecule has 0 bridgehead atoms. The Balaban J connectivity index is 3.02. The smallest absolute Gasteiger partial charge is 0.251 e. The van der Waals surface area contributed by atoms with Crippen LogP contribution in [0.25, 0.3) is 0 Å². The summed E-state index contributed by atoms with van der Waals surface area (Å²) in [5, 5.41) is 2.91. The van der Waals surface area contributed by atoms with Gasteiger partial charge in [-0.1, -0.05) is 19.9 Å². The number of hydrogen-bond acceptors (Lipinski definition) is 3. The van der Waals surface area contributed by atoms with E-state index < -0.39 is 10.0 Å². The molecule has 1 atom stereocenters. The lowest BCUT2D eigenvalue weighted by molar-refractivity contribution is 0.0930. The van der Waals surface area contributed by atoms with Gasteiger partial charge in [-0.2, -0.15) is 0 Å². The number of sulfonamides is 1. The second-order valence-electron chi connectivity index (χ2n) is 5.36. The van der Waals surface area contributed by atoms with Crippen molar-refractivity contribution in [3.05, 3.63) is 29.3 Å². The highest BCUT2D eigenvalue weighted by Gasteiger charge is 2.16. The third-order valence-corrected chi connectivity index (χ3v) is 3.82. The van der Waals surface area contributed by atoms with E-state index in [4.69, 9.17) is 0 Å². The standard InChI is InChI=1S/C14H22N2O3S/c1-9(2)11(4)15-14(17)12-7-6-8-13(10(12)3)16-20(5,18)19/h6-9,11,16H,1-5H3,(H,15,17)/t11-/m0/s1. The quantitative estimate of drug-likeness (QED) is 0.874. The molecule has 2 N–H and O–H groups in total. The molecule has 1 amide bonds. The van der Waals surface area contributed by atoms with Gasteiger partial charge in [0.25, 0.3) is 5.91 Å². The predicted molar refractivity (Wildman–Crippen MR) is 81.4 cm³/mol. The maximum Gasteiger partial charge on any atom is 0.251 e. The SMILES string of the molecule is Cc1c(NS(C)(=O)=O)cccc1C(=O)N[C@@H](C)C(C)C. The van der Waals surface area contributed by atoms with Crippen LogP contribution in [0.1, 0.15) is 36.7 Å². The number of nitrogens with one attached hydrogen (secondary N) is 2. The molecule has 20 heavy (non-hydrogen) atoms. The van der Waals surface area contributed by atoms with Gasteiger partial charge in [0.1, 0.15) is 0 Å². The van der Waals surface area contributed by atoms with Gasteiger partial charge < -0.3 is 5.32 Å². The monoisotopic (exact) mass is 298 g/mol. The van der Waals surface area contributed by atoms with E-state index in [1.165, 1.54) is 0 Å². The second-order valence-corrected chi connectivity index (χ2v) is 7.11. The van der Waals surface area contributed by atoms with Crippen molar-refractivity contribution < 1.29 is 13.2 Å². The van der Waals surface area contributed by atoms with Crippen LogP contribution in [0.2, 0.25) is 0 Å². The summed E-state index contributed by atoms with van der Waals surface area (Å²) in [6.07, 6.45) is 1.08. The number of benzene rings is 1. The average Bonchev–Trinajstić information content (AvgIpc) is 2.29. The molecule has 0 saturated heterocycles. The molecule has 0 aliphatic heterocycles. The minimum atomic E-state index is -3.36. The highest BCUT2D eigenvalue weighted by molar-refractivity contribution is 7.92. The fourth-order valence-corrected chi connectivity index (χ4v) is 2.26. The lowest BCUT2D eigenvalue weighted by Gasteiger charge is -2.19. The van der Waals surface area contributed by atoms with Crippen molar-refractivity contribution in [3.63, 3.8) is 0 Å². The molecule has 1 aromatic carbocycles. The van der Waals surface area contributed by atoms with Gasteiger partial charge in [0.05, 0.1) is 11.9 Å². The van der Waals surface area contributed by atoms with Crippen molar-refractivity contribution >= 4 is 21.6 Å². The van der Waals surface area contributed by atoms with Crippen LogP contribution < -0.4 is 10.0 Å². The predicted octanol–water partition coefficient (Wildman–Crippen LogP) is 2.14. The first kappa shape index (κ1) is 16.5. The molecular weight excluding hydrogens is 276 g/mol. The normalized spacial score (nSPS) is 13.1. The Labute approximate surface area is 120 Å². The molecule has 0 aromatic heterocycles. The summed E-state index contributed by atoms with van der Waals surface area (Å²) < 4.78 is 25.0. The lowest BCUT2D eigenvalue weighted by Crippen LogP contribution is -2.36. The molecule has 0 fully saturated rings. The van der Waals surface area contributed by atoms with E-state index in [2.05, 4.69) is 10.0 Å². The van der Waals surface area contributed by atoms with Crippen molar-refractivity contribution in [1.29, 1.82) is 0 Å². The van der Waals surface area contributed by atoms with Crippen LogP contribution in [0.15, 0.2) is 18.2 Å². The van der Waals surface area contributed by atoms with Gasteiger partial charge >= 0.3 is 0 Å². The maximum atomic E-state index is 12.2. The summed E-state index contributed by atoms with van der Waals surface area (Å²) in [4.78, 5) is 12.2. The first-order chi connectivity index (χ1) is 9.11. The minimum Gasteiger partial charge on any atom is -0.349 e. The summed E-state index contributed by atoms with van der Waals surface area (Å²) in [5.74, 6) is 0.137. The van der Waals surface area contributed by atoms with Crippen LogP contribution in [0.5, 0.6) is 0 Å². The van der Waals surface area contributed by atoms with Gasteiger partial charge in [-0.05, 0) is 37.5 Å². The molecule has 0 unspecified atom stereocenters. The molecule has 0 aliphatic carbocycles. The van der Waals surface area contributed by atoms with Crippen LogP contribution >= 0.6 is 0 Å². The molecule has 0 radical (unpaired) electrons.